The average Bonchev–Trinajstić information content (AvgIpc) is 3.21. The van der Waals surface area contributed by atoms with Crippen molar-refractivity contribution < 1.29 is 13.5 Å². The Morgan fingerprint density at radius 2 is 1.86 bits per heavy atom. The first kappa shape index (κ1) is 13.2. The van der Waals surface area contributed by atoms with Crippen LogP contribution < -0.4 is 5.73 Å². The lowest BCUT2D eigenvalue weighted by molar-refractivity contribution is 0.229. The summed E-state index contributed by atoms with van der Waals surface area (Å²) in [5, 5.41) is 7.85. The Hall–Kier alpha value is -2.48. The Morgan fingerprint density at radius 1 is 1.09 bits per heavy atom. The normalized spacial score (nSPS) is 16.6. The van der Waals surface area contributed by atoms with Gasteiger partial charge >= 0.3 is 0 Å². The summed E-state index contributed by atoms with van der Waals surface area (Å²) in [4.78, 5) is 8.63. The first-order chi connectivity index (χ1) is 10.7. The van der Waals surface area contributed by atoms with E-state index in [0.29, 0.717) is 42.0 Å². The number of nitrogens with zero attached hydrogens (tertiary/aromatic N) is 4. The van der Waals surface area contributed by atoms with Gasteiger partial charge in [-0.2, -0.15) is 9.97 Å². The van der Waals surface area contributed by atoms with Gasteiger partial charge in [0.1, 0.15) is 0 Å². The summed E-state index contributed by atoms with van der Waals surface area (Å²) >= 11 is 0. The summed E-state index contributed by atoms with van der Waals surface area (Å²) < 4.78 is 15.6. The average molecular weight is 301 g/mol. The van der Waals surface area contributed by atoms with Gasteiger partial charge in [0.25, 0.3) is 0 Å². The Kier molecular flexibility index (Phi) is 3.04. The molecule has 0 aromatic carbocycles. The van der Waals surface area contributed by atoms with E-state index in [1.54, 1.807) is 18.4 Å². The van der Waals surface area contributed by atoms with E-state index in [0.717, 1.165) is 19.3 Å². The van der Waals surface area contributed by atoms with E-state index in [9.17, 15) is 0 Å². The second kappa shape index (κ2) is 5.06. The molecule has 1 saturated carbocycles. The molecule has 3 aromatic rings. The molecular weight excluding hydrogens is 286 g/mol. The Labute approximate surface area is 125 Å². The minimum absolute atomic E-state index is 0.404. The van der Waals surface area contributed by atoms with Crippen molar-refractivity contribution in [2.45, 2.75) is 37.6 Å². The van der Waals surface area contributed by atoms with E-state index in [4.69, 9.17) is 19.2 Å². The Bertz CT molecular complexity index is 757. The third kappa shape index (κ3) is 2.31. The van der Waals surface area contributed by atoms with Gasteiger partial charge in [-0.3, -0.25) is 0 Å². The predicted octanol–water partition coefficient (Wildman–Crippen LogP) is 1.84. The smallest absolute Gasteiger partial charge is 0.238 e. The van der Waals surface area contributed by atoms with Crippen LogP contribution in [0.2, 0.25) is 0 Å². The van der Waals surface area contributed by atoms with E-state index in [-0.39, 0.29) is 0 Å². The van der Waals surface area contributed by atoms with E-state index in [1.807, 2.05) is 0 Å². The zero-order valence-electron chi connectivity index (χ0n) is 11.9. The lowest BCUT2D eigenvalue weighted by atomic mass is 9.77. The molecule has 0 amide bonds. The molecule has 0 radical (unpaired) electrons. The summed E-state index contributed by atoms with van der Waals surface area (Å²) in [6, 6.07) is 3.55. The molecule has 8 heteroatoms. The zero-order chi connectivity index (χ0) is 15.0. The maximum atomic E-state index is 6.17. The number of hydrogen-bond donors (Lipinski definition) is 1. The molecule has 4 rings (SSSR count). The number of aromatic nitrogens is 4. The van der Waals surface area contributed by atoms with Gasteiger partial charge in [-0.15, -0.1) is 0 Å². The van der Waals surface area contributed by atoms with E-state index >= 15 is 0 Å². The fourth-order valence-corrected chi connectivity index (χ4v) is 2.42. The minimum atomic E-state index is -0.404. The van der Waals surface area contributed by atoms with Crippen molar-refractivity contribution in [3.63, 3.8) is 0 Å². The number of rotatable bonds is 5. The van der Waals surface area contributed by atoms with Crippen molar-refractivity contribution in [3.05, 3.63) is 36.0 Å². The van der Waals surface area contributed by atoms with Crippen molar-refractivity contribution in [2.75, 3.05) is 0 Å². The van der Waals surface area contributed by atoms with Crippen molar-refractivity contribution in [1.29, 1.82) is 0 Å². The minimum Gasteiger partial charge on any atom is -0.461 e. The van der Waals surface area contributed by atoms with E-state index in [2.05, 4.69) is 20.3 Å². The van der Waals surface area contributed by atoms with Gasteiger partial charge in [0.15, 0.2) is 11.6 Å². The standard InChI is InChI=1S/C14H15N5O3/c15-14(6-2-7-14)13-17-11(22-19-13)5-4-10-16-12(18-21-10)9-3-1-8-20-9/h1,3,8H,2,4-7,15H2. The predicted molar refractivity (Wildman–Crippen MR) is 73.4 cm³/mol. The lowest BCUT2D eigenvalue weighted by Crippen LogP contribution is -2.44. The van der Waals surface area contributed by atoms with Crippen molar-refractivity contribution in [2.24, 2.45) is 5.73 Å². The molecule has 22 heavy (non-hydrogen) atoms. The third-order valence-corrected chi connectivity index (χ3v) is 3.92. The number of hydrogen-bond acceptors (Lipinski definition) is 8. The molecule has 8 nitrogen and oxygen atoms in total. The quantitative estimate of drug-likeness (QED) is 0.758. The topological polar surface area (TPSA) is 117 Å². The van der Waals surface area contributed by atoms with Gasteiger partial charge in [-0.1, -0.05) is 10.3 Å². The van der Waals surface area contributed by atoms with Crippen molar-refractivity contribution in [3.8, 4) is 11.6 Å². The maximum absolute atomic E-state index is 6.17. The van der Waals surface area contributed by atoms with Crippen LogP contribution in [0.4, 0.5) is 0 Å². The molecule has 3 heterocycles. The maximum Gasteiger partial charge on any atom is 0.238 e. The van der Waals surface area contributed by atoms with Gasteiger partial charge in [0.05, 0.1) is 11.8 Å². The summed E-state index contributed by atoms with van der Waals surface area (Å²) in [6.07, 6.45) is 5.53. The number of aryl methyl sites for hydroxylation is 2. The molecule has 0 unspecified atom stereocenters. The molecule has 1 aliphatic rings. The molecule has 114 valence electrons. The zero-order valence-corrected chi connectivity index (χ0v) is 11.9. The molecule has 0 aliphatic heterocycles. The highest BCUT2D eigenvalue weighted by Crippen LogP contribution is 2.36. The van der Waals surface area contributed by atoms with Crippen LogP contribution in [-0.4, -0.2) is 20.3 Å². The van der Waals surface area contributed by atoms with Gasteiger partial charge in [0, 0.05) is 12.8 Å². The highest BCUT2D eigenvalue weighted by molar-refractivity contribution is 5.44. The SMILES string of the molecule is NC1(c2noc(CCc3nc(-c4ccco4)no3)n2)CCC1. The van der Waals surface area contributed by atoms with Gasteiger partial charge in [-0.05, 0) is 31.4 Å². The summed E-state index contributed by atoms with van der Waals surface area (Å²) in [5.74, 6) is 2.63. The van der Waals surface area contributed by atoms with Crippen LogP contribution in [0.5, 0.6) is 0 Å². The second-order valence-electron chi connectivity index (χ2n) is 5.51. The molecular formula is C14H15N5O3. The molecule has 1 fully saturated rings. The number of furan rings is 1. The largest absolute Gasteiger partial charge is 0.461 e. The fraction of sp³-hybridized carbons (Fsp3) is 0.429. The van der Waals surface area contributed by atoms with Gasteiger partial charge in [-0.25, -0.2) is 0 Å². The summed E-state index contributed by atoms with van der Waals surface area (Å²) in [6.45, 7) is 0. The van der Waals surface area contributed by atoms with Crippen LogP contribution >= 0.6 is 0 Å². The number of nitrogens with two attached hydrogens (primary N) is 1. The first-order valence-electron chi connectivity index (χ1n) is 7.21. The van der Waals surface area contributed by atoms with Gasteiger partial charge < -0.3 is 19.2 Å². The second-order valence-corrected chi connectivity index (χ2v) is 5.51. The summed E-state index contributed by atoms with van der Waals surface area (Å²) in [5.41, 5.74) is 5.76. The lowest BCUT2D eigenvalue weighted by Gasteiger charge is -2.34. The van der Waals surface area contributed by atoms with Gasteiger partial charge in [0.2, 0.25) is 17.6 Å². The molecule has 0 atom stereocenters. The van der Waals surface area contributed by atoms with Crippen LogP contribution in [0.1, 0.15) is 36.9 Å². The van der Waals surface area contributed by atoms with E-state index < -0.39 is 5.54 Å². The highest BCUT2D eigenvalue weighted by atomic mass is 16.5. The summed E-state index contributed by atoms with van der Waals surface area (Å²) in [7, 11) is 0. The van der Waals surface area contributed by atoms with Crippen LogP contribution in [0.25, 0.3) is 11.6 Å². The van der Waals surface area contributed by atoms with Crippen molar-refractivity contribution in [1.82, 2.24) is 20.3 Å². The molecule has 0 bridgehead atoms. The Morgan fingerprint density at radius 3 is 2.55 bits per heavy atom. The highest BCUT2D eigenvalue weighted by Gasteiger charge is 2.38. The molecule has 0 saturated heterocycles. The van der Waals surface area contributed by atoms with Crippen LogP contribution in [0.15, 0.2) is 31.9 Å². The monoisotopic (exact) mass is 301 g/mol. The molecule has 0 spiro atoms. The first-order valence-corrected chi connectivity index (χ1v) is 7.21. The van der Waals surface area contributed by atoms with Crippen molar-refractivity contribution >= 4 is 0 Å². The van der Waals surface area contributed by atoms with Crippen LogP contribution in [-0.2, 0) is 18.4 Å². The molecule has 1 aliphatic carbocycles. The molecule has 2 N–H and O–H groups in total. The third-order valence-electron chi connectivity index (χ3n) is 3.92. The van der Waals surface area contributed by atoms with Crippen LogP contribution in [0.3, 0.4) is 0 Å². The van der Waals surface area contributed by atoms with E-state index in [1.165, 1.54) is 0 Å². The fourth-order valence-electron chi connectivity index (χ4n) is 2.42. The van der Waals surface area contributed by atoms with Crippen LogP contribution in [0, 0.1) is 0 Å². The Balaban J connectivity index is 1.41. The molecule has 3 aromatic heterocycles.